The highest BCUT2D eigenvalue weighted by atomic mass is 16.5. The number of ether oxygens (including phenoxy) is 1. The van der Waals surface area contributed by atoms with E-state index in [4.69, 9.17) is 10.5 Å². The summed E-state index contributed by atoms with van der Waals surface area (Å²) >= 11 is 0. The van der Waals surface area contributed by atoms with Crippen LogP contribution in [0.1, 0.15) is 32.6 Å². The molecule has 0 aliphatic carbocycles. The topological polar surface area (TPSA) is 35.2 Å². The molecule has 2 heteroatoms. The monoisotopic (exact) mass is 143 g/mol. The van der Waals surface area contributed by atoms with Crippen LogP contribution in [-0.2, 0) is 4.74 Å². The highest BCUT2D eigenvalue weighted by molar-refractivity contribution is 4.66. The average Bonchev–Trinajstić information content (AvgIpc) is 2.34. The third-order valence-corrected chi connectivity index (χ3v) is 1.97. The first-order chi connectivity index (χ1) is 4.79. The second-order valence-corrected chi connectivity index (χ2v) is 3.19. The van der Waals surface area contributed by atoms with Crippen molar-refractivity contribution < 1.29 is 4.74 Å². The molecule has 0 aromatic carbocycles. The van der Waals surface area contributed by atoms with Gasteiger partial charge >= 0.3 is 0 Å². The maximum atomic E-state index is 5.61. The molecule has 1 aliphatic rings. The van der Waals surface area contributed by atoms with Crippen LogP contribution in [0.15, 0.2) is 0 Å². The Bertz CT molecular complexity index is 87.3. The van der Waals surface area contributed by atoms with Crippen LogP contribution in [0.4, 0.5) is 0 Å². The van der Waals surface area contributed by atoms with Crippen molar-refractivity contribution in [3.05, 3.63) is 0 Å². The molecular formula is C8H17NO. The number of hydrogen-bond donors (Lipinski definition) is 1. The third kappa shape index (κ3) is 2.67. The van der Waals surface area contributed by atoms with E-state index in [1.807, 2.05) is 0 Å². The van der Waals surface area contributed by atoms with Gasteiger partial charge in [0.2, 0.25) is 0 Å². The molecule has 0 aromatic rings. The fraction of sp³-hybridized carbons (Fsp3) is 1.00. The fourth-order valence-corrected chi connectivity index (χ4v) is 1.32. The van der Waals surface area contributed by atoms with Gasteiger partial charge in [-0.1, -0.05) is 0 Å². The Morgan fingerprint density at radius 3 is 3.00 bits per heavy atom. The quantitative estimate of drug-likeness (QED) is 0.646. The highest BCUT2D eigenvalue weighted by Gasteiger charge is 2.14. The molecule has 1 aliphatic heterocycles. The summed E-state index contributed by atoms with van der Waals surface area (Å²) in [6.07, 6.45) is 5.25. The summed E-state index contributed by atoms with van der Waals surface area (Å²) in [6, 6.07) is 0.337. The van der Waals surface area contributed by atoms with Crippen LogP contribution in [-0.4, -0.2) is 18.8 Å². The molecule has 2 unspecified atom stereocenters. The molecule has 1 saturated heterocycles. The normalized spacial score (nSPS) is 28.8. The SMILES string of the molecule is CC(N)CCC1CCCO1. The number of hydrogen-bond acceptors (Lipinski definition) is 2. The maximum Gasteiger partial charge on any atom is 0.0576 e. The zero-order chi connectivity index (χ0) is 7.40. The van der Waals surface area contributed by atoms with Crippen LogP contribution >= 0.6 is 0 Å². The molecule has 60 valence electrons. The van der Waals surface area contributed by atoms with E-state index in [0.717, 1.165) is 19.4 Å². The third-order valence-electron chi connectivity index (χ3n) is 1.97. The van der Waals surface area contributed by atoms with Gasteiger partial charge in [-0.25, -0.2) is 0 Å². The zero-order valence-corrected chi connectivity index (χ0v) is 6.68. The molecule has 0 radical (unpaired) electrons. The first-order valence-electron chi connectivity index (χ1n) is 4.16. The molecular weight excluding hydrogens is 126 g/mol. The zero-order valence-electron chi connectivity index (χ0n) is 6.68. The minimum absolute atomic E-state index is 0.337. The lowest BCUT2D eigenvalue weighted by Crippen LogP contribution is -2.17. The molecule has 1 rings (SSSR count). The van der Waals surface area contributed by atoms with Gasteiger partial charge < -0.3 is 10.5 Å². The first-order valence-corrected chi connectivity index (χ1v) is 4.16. The Morgan fingerprint density at radius 2 is 2.50 bits per heavy atom. The molecule has 0 saturated carbocycles. The standard InChI is InChI=1S/C8H17NO/c1-7(9)4-5-8-3-2-6-10-8/h7-8H,2-6,9H2,1H3. The average molecular weight is 143 g/mol. The molecule has 0 spiro atoms. The lowest BCUT2D eigenvalue weighted by atomic mass is 10.1. The van der Waals surface area contributed by atoms with Crippen molar-refractivity contribution in [3.63, 3.8) is 0 Å². The molecule has 1 heterocycles. The first kappa shape index (κ1) is 8.02. The summed E-state index contributed by atoms with van der Waals surface area (Å²) in [5, 5.41) is 0. The van der Waals surface area contributed by atoms with Gasteiger partial charge in [0, 0.05) is 12.6 Å². The summed E-state index contributed by atoms with van der Waals surface area (Å²) < 4.78 is 5.45. The van der Waals surface area contributed by atoms with Crippen molar-refractivity contribution in [2.45, 2.75) is 44.8 Å². The van der Waals surface area contributed by atoms with E-state index < -0.39 is 0 Å². The lowest BCUT2D eigenvalue weighted by molar-refractivity contribution is 0.101. The van der Waals surface area contributed by atoms with Crippen molar-refractivity contribution in [1.82, 2.24) is 0 Å². The van der Waals surface area contributed by atoms with E-state index in [9.17, 15) is 0 Å². The minimum atomic E-state index is 0.337. The smallest absolute Gasteiger partial charge is 0.0576 e. The van der Waals surface area contributed by atoms with Gasteiger partial charge in [-0.3, -0.25) is 0 Å². The fourth-order valence-electron chi connectivity index (χ4n) is 1.32. The van der Waals surface area contributed by atoms with Crippen molar-refractivity contribution in [1.29, 1.82) is 0 Å². The van der Waals surface area contributed by atoms with Gasteiger partial charge in [0.05, 0.1) is 6.10 Å². The molecule has 2 nitrogen and oxygen atoms in total. The highest BCUT2D eigenvalue weighted by Crippen LogP contribution is 2.16. The van der Waals surface area contributed by atoms with Crippen molar-refractivity contribution in [2.24, 2.45) is 5.73 Å². The van der Waals surface area contributed by atoms with Crippen LogP contribution in [0.2, 0.25) is 0 Å². The summed E-state index contributed by atoms with van der Waals surface area (Å²) in [4.78, 5) is 0. The van der Waals surface area contributed by atoms with Gasteiger partial charge in [-0.05, 0) is 32.6 Å². The van der Waals surface area contributed by atoms with E-state index in [0.29, 0.717) is 12.1 Å². The molecule has 2 atom stereocenters. The summed E-state index contributed by atoms with van der Waals surface area (Å²) in [5.41, 5.74) is 5.61. The van der Waals surface area contributed by atoms with Gasteiger partial charge in [0.15, 0.2) is 0 Å². The maximum absolute atomic E-state index is 5.61. The van der Waals surface area contributed by atoms with Gasteiger partial charge in [0.1, 0.15) is 0 Å². The van der Waals surface area contributed by atoms with Crippen molar-refractivity contribution in [3.8, 4) is 0 Å². The van der Waals surface area contributed by atoms with Crippen LogP contribution in [0, 0.1) is 0 Å². The van der Waals surface area contributed by atoms with E-state index in [2.05, 4.69) is 6.92 Å². The van der Waals surface area contributed by atoms with Gasteiger partial charge in [0.25, 0.3) is 0 Å². The molecule has 1 fully saturated rings. The van der Waals surface area contributed by atoms with Crippen LogP contribution in [0.5, 0.6) is 0 Å². The van der Waals surface area contributed by atoms with Crippen molar-refractivity contribution in [2.75, 3.05) is 6.61 Å². The van der Waals surface area contributed by atoms with Crippen molar-refractivity contribution >= 4 is 0 Å². The van der Waals surface area contributed by atoms with E-state index in [1.165, 1.54) is 12.8 Å². The Labute approximate surface area is 62.7 Å². The molecule has 10 heavy (non-hydrogen) atoms. The number of nitrogens with two attached hydrogens (primary N) is 1. The second-order valence-electron chi connectivity index (χ2n) is 3.19. The predicted octanol–water partition coefficient (Wildman–Crippen LogP) is 1.29. The number of rotatable bonds is 3. The Balaban J connectivity index is 2.01. The van der Waals surface area contributed by atoms with Crippen LogP contribution < -0.4 is 5.73 Å². The van der Waals surface area contributed by atoms with Crippen LogP contribution in [0.3, 0.4) is 0 Å². The van der Waals surface area contributed by atoms with Crippen LogP contribution in [0.25, 0.3) is 0 Å². The second kappa shape index (κ2) is 3.94. The largest absolute Gasteiger partial charge is 0.378 e. The molecule has 0 amide bonds. The Morgan fingerprint density at radius 1 is 1.70 bits per heavy atom. The predicted molar refractivity (Wildman–Crippen MR) is 41.9 cm³/mol. The Kier molecular flexibility index (Phi) is 3.16. The summed E-state index contributed by atoms with van der Waals surface area (Å²) in [6.45, 7) is 3.01. The molecule has 0 aromatic heterocycles. The van der Waals surface area contributed by atoms with E-state index in [-0.39, 0.29) is 0 Å². The minimum Gasteiger partial charge on any atom is -0.378 e. The summed E-state index contributed by atoms with van der Waals surface area (Å²) in [5.74, 6) is 0. The molecule has 2 N–H and O–H groups in total. The summed E-state index contributed by atoms with van der Waals surface area (Å²) in [7, 11) is 0. The lowest BCUT2D eigenvalue weighted by Gasteiger charge is -2.10. The van der Waals surface area contributed by atoms with Gasteiger partial charge in [-0.15, -0.1) is 0 Å². The Hall–Kier alpha value is -0.0800. The van der Waals surface area contributed by atoms with E-state index in [1.54, 1.807) is 0 Å². The van der Waals surface area contributed by atoms with Gasteiger partial charge in [-0.2, -0.15) is 0 Å². The van der Waals surface area contributed by atoms with E-state index >= 15 is 0 Å². The molecule has 0 bridgehead atoms.